The van der Waals surface area contributed by atoms with Crippen LogP contribution in [0.4, 0.5) is 0 Å². The molecular weight excluding hydrogens is 270 g/mol. The molecule has 1 aromatic heterocycles. The number of benzene rings is 1. The monoisotopic (exact) mass is 297 g/mol. The largest absolute Gasteiger partial charge is 0.299 e. The summed E-state index contributed by atoms with van der Waals surface area (Å²) in [4.78, 5) is 2.59. The summed E-state index contributed by atoms with van der Waals surface area (Å²) in [5.74, 6) is 1.63. The summed E-state index contributed by atoms with van der Waals surface area (Å²) < 4.78 is 2.02. The molecule has 3 rings (SSSR count). The van der Waals surface area contributed by atoms with E-state index < -0.39 is 0 Å². The van der Waals surface area contributed by atoms with Crippen LogP contribution in [0.25, 0.3) is 5.69 Å². The predicted molar refractivity (Wildman–Crippen MR) is 91.3 cm³/mol. The number of likely N-dealkylation sites (tertiary alicyclic amines) is 1. The third-order valence-corrected chi connectivity index (χ3v) is 4.54. The normalized spacial score (nSPS) is 22.9. The molecule has 0 N–H and O–H groups in total. The zero-order valence-corrected chi connectivity index (χ0v) is 14.2. The average molecular weight is 297 g/mol. The van der Waals surface area contributed by atoms with Gasteiger partial charge >= 0.3 is 0 Å². The van der Waals surface area contributed by atoms with E-state index in [1.165, 1.54) is 30.8 Å². The van der Waals surface area contributed by atoms with Crippen LogP contribution < -0.4 is 0 Å². The van der Waals surface area contributed by atoms with Gasteiger partial charge in [0.2, 0.25) is 0 Å². The highest BCUT2D eigenvalue weighted by Crippen LogP contribution is 2.23. The van der Waals surface area contributed by atoms with Crippen LogP contribution in [-0.4, -0.2) is 27.8 Å². The first-order valence-corrected chi connectivity index (χ1v) is 8.36. The van der Waals surface area contributed by atoms with Crippen LogP contribution in [0.2, 0.25) is 0 Å². The van der Waals surface area contributed by atoms with E-state index in [1.54, 1.807) is 0 Å². The quantitative estimate of drug-likeness (QED) is 0.855. The predicted octanol–water partition coefficient (Wildman–Crippen LogP) is 3.97. The Morgan fingerprint density at radius 1 is 1.05 bits per heavy atom. The Labute approximate surface area is 133 Å². The molecule has 0 radical (unpaired) electrons. The van der Waals surface area contributed by atoms with Gasteiger partial charge in [0.25, 0.3) is 0 Å². The first kappa shape index (κ1) is 15.3. The fourth-order valence-corrected chi connectivity index (χ4v) is 3.81. The van der Waals surface area contributed by atoms with Crippen LogP contribution in [0.1, 0.15) is 37.2 Å². The van der Waals surface area contributed by atoms with Gasteiger partial charge in [-0.1, -0.05) is 26.0 Å². The van der Waals surface area contributed by atoms with Crippen LogP contribution in [0.3, 0.4) is 0 Å². The van der Waals surface area contributed by atoms with Gasteiger partial charge in [0.05, 0.1) is 11.4 Å². The van der Waals surface area contributed by atoms with Gasteiger partial charge < -0.3 is 0 Å². The molecule has 2 aromatic rings. The number of hydrogen-bond donors (Lipinski definition) is 0. The molecule has 0 bridgehead atoms. The van der Waals surface area contributed by atoms with Crippen LogP contribution in [-0.2, 0) is 6.54 Å². The van der Waals surface area contributed by atoms with Crippen molar-refractivity contribution in [2.45, 2.75) is 40.7 Å². The lowest BCUT2D eigenvalue weighted by Gasteiger charge is -2.35. The Morgan fingerprint density at radius 3 is 2.23 bits per heavy atom. The van der Waals surface area contributed by atoms with Gasteiger partial charge in [0, 0.05) is 25.3 Å². The molecular formula is C19H27N3. The molecule has 2 heterocycles. The first-order chi connectivity index (χ1) is 10.5. The lowest BCUT2D eigenvalue weighted by Crippen LogP contribution is -2.38. The van der Waals surface area contributed by atoms with Gasteiger partial charge in [-0.25, -0.2) is 4.68 Å². The highest BCUT2D eigenvalue weighted by atomic mass is 15.3. The molecule has 1 fully saturated rings. The molecule has 0 amide bonds. The van der Waals surface area contributed by atoms with Crippen LogP contribution in [0.15, 0.2) is 30.3 Å². The fourth-order valence-electron chi connectivity index (χ4n) is 3.81. The maximum atomic E-state index is 4.55. The highest BCUT2D eigenvalue weighted by molar-refractivity contribution is 5.36. The van der Waals surface area contributed by atoms with Crippen molar-refractivity contribution in [2.75, 3.05) is 13.1 Å². The lowest BCUT2D eigenvalue weighted by molar-refractivity contribution is 0.134. The molecule has 1 aliphatic heterocycles. The molecule has 118 valence electrons. The minimum Gasteiger partial charge on any atom is -0.299 e. The summed E-state index contributed by atoms with van der Waals surface area (Å²) in [6.45, 7) is 12.4. The fraction of sp³-hybridized carbons (Fsp3) is 0.526. The summed E-state index contributed by atoms with van der Waals surface area (Å²) in [5.41, 5.74) is 4.79. The number of nitrogens with zero attached hydrogens (tertiary/aromatic N) is 3. The van der Waals surface area contributed by atoms with Crippen LogP contribution >= 0.6 is 0 Å². The van der Waals surface area contributed by atoms with Crippen molar-refractivity contribution in [3.05, 3.63) is 47.3 Å². The Morgan fingerprint density at radius 2 is 1.68 bits per heavy atom. The molecule has 1 aliphatic rings. The molecule has 0 aliphatic carbocycles. The van der Waals surface area contributed by atoms with Crippen molar-refractivity contribution in [1.82, 2.24) is 14.7 Å². The Kier molecular flexibility index (Phi) is 4.34. The molecule has 3 heteroatoms. The van der Waals surface area contributed by atoms with Crippen LogP contribution in [0, 0.1) is 25.7 Å². The van der Waals surface area contributed by atoms with E-state index >= 15 is 0 Å². The number of piperidine rings is 1. The maximum absolute atomic E-state index is 4.55. The van der Waals surface area contributed by atoms with E-state index in [-0.39, 0.29) is 0 Å². The van der Waals surface area contributed by atoms with Gasteiger partial charge in [0.1, 0.15) is 0 Å². The Hall–Kier alpha value is -1.61. The van der Waals surface area contributed by atoms with E-state index in [4.69, 9.17) is 0 Å². The molecule has 1 aromatic carbocycles. The minimum absolute atomic E-state index is 0.817. The molecule has 0 spiro atoms. The van der Waals surface area contributed by atoms with Crippen molar-refractivity contribution in [3.63, 3.8) is 0 Å². The molecule has 0 saturated carbocycles. The number of hydrogen-bond acceptors (Lipinski definition) is 2. The maximum Gasteiger partial charge on any atom is 0.0648 e. The summed E-state index contributed by atoms with van der Waals surface area (Å²) in [5, 5.41) is 4.55. The zero-order chi connectivity index (χ0) is 15.7. The topological polar surface area (TPSA) is 21.1 Å². The van der Waals surface area contributed by atoms with Crippen molar-refractivity contribution in [1.29, 1.82) is 0 Å². The summed E-state index contributed by atoms with van der Waals surface area (Å²) in [6.07, 6.45) is 1.37. The van der Waals surface area contributed by atoms with E-state index in [1.807, 2.05) is 11.6 Å². The average Bonchev–Trinajstić information content (AvgIpc) is 2.77. The smallest absolute Gasteiger partial charge is 0.0648 e. The third kappa shape index (κ3) is 3.41. The number of aryl methyl sites for hydroxylation is 2. The summed E-state index contributed by atoms with van der Waals surface area (Å²) in [6, 6.07) is 11.0. The second-order valence-corrected chi connectivity index (χ2v) is 7.15. The van der Waals surface area contributed by atoms with E-state index in [0.717, 1.165) is 29.8 Å². The van der Waals surface area contributed by atoms with Crippen LogP contribution in [0.5, 0.6) is 0 Å². The van der Waals surface area contributed by atoms with E-state index in [9.17, 15) is 0 Å². The zero-order valence-electron chi connectivity index (χ0n) is 14.2. The van der Waals surface area contributed by atoms with Gasteiger partial charge in [-0.05, 0) is 55.9 Å². The van der Waals surface area contributed by atoms with Gasteiger partial charge in [-0.3, -0.25) is 4.90 Å². The second-order valence-electron chi connectivity index (χ2n) is 7.15. The molecule has 1 saturated heterocycles. The Balaban J connectivity index is 1.70. The summed E-state index contributed by atoms with van der Waals surface area (Å²) >= 11 is 0. The third-order valence-electron chi connectivity index (χ3n) is 4.54. The lowest BCUT2D eigenvalue weighted by atomic mass is 9.91. The Bertz CT molecular complexity index is 617. The van der Waals surface area contributed by atoms with Gasteiger partial charge in [-0.2, -0.15) is 5.10 Å². The van der Waals surface area contributed by atoms with Crippen molar-refractivity contribution < 1.29 is 0 Å². The highest BCUT2D eigenvalue weighted by Gasteiger charge is 2.21. The molecule has 2 unspecified atom stereocenters. The first-order valence-electron chi connectivity index (χ1n) is 8.36. The summed E-state index contributed by atoms with van der Waals surface area (Å²) in [7, 11) is 0. The van der Waals surface area contributed by atoms with Crippen molar-refractivity contribution >= 4 is 0 Å². The number of aromatic nitrogens is 2. The van der Waals surface area contributed by atoms with Gasteiger partial charge in [-0.15, -0.1) is 0 Å². The number of rotatable bonds is 3. The van der Waals surface area contributed by atoms with E-state index in [2.05, 4.69) is 61.1 Å². The molecule has 22 heavy (non-hydrogen) atoms. The van der Waals surface area contributed by atoms with Crippen molar-refractivity contribution in [3.8, 4) is 5.69 Å². The van der Waals surface area contributed by atoms with Crippen molar-refractivity contribution in [2.24, 2.45) is 11.8 Å². The SMILES string of the molecule is Cc1cc(C)n(-c2ccc(CN3CC(C)CC(C)C3)cc2)n1. The van der Waals surface area contributed by atoms with Gasteiger partial charge in [0.15, 0.2) is 0 Å². The molecule has 3 nitrogen and oxygen atoms in total. The minimum atomic E-state index is 0.817. The molecule has 2 atom stereocenters. The van der Waals surface area contributed by atoms with E-state index in [0.29, 0.717) is 0 Å². The second kappa shape index (κ2) is 6.25. The standard InChI is InChI=1S/C19H27N3/c1-14-9-15(2)12-21(11-14)13-18-5-7-19(8-6-18)22-17(4)10-16(3)20-22/h5-8,10,14-15H,9,11-13H2,1-4H3.